The first-order chi connectivity index (χ1) is 5.57. The van der Waals surface area contributed by atoms with Crippen molar-refractivity contribution < 1.29 is 19.8 Å². The minimum absolute atomic E-state index is 0.228. The van der Waals surface area contributed by atoms with E-state index in [-0.39, 0.29) is 12.5 Å². The second-order valence-corrected chi connectivity index (χ2v) is 2.41. The lowest BCUT2D eigenvalue weighted by Crippen LogP contribution is -2.36. The molecule has 0 bridgehead atoms. The number of amides is 1. The molecule has 5 nitrogen and oxygen atoms in total. The Bertz CT molecular complexity index is 169. The molecule has 1 amide bonds. The third-order valence-electron chi connectivity index (χ3n) is 1.25. The number of carboxylic acids is 1. The van der Waals surface area contributed by atoms with E-state index < -0.39 is 12.1 Å². The van der Waals surface area contributed by atoms with Crippen molar-refractivity contribution in [3.05, 3.63) is 0 Å². The van der Waals surface area contributed by atoms with Gasteiger partial charge in [0.15, 0.2) is 6.10 Å². The molecule has 0 spiro atoms. The van der Waals surface area contributed by atoms with Crippen molar-refractivity contribution in [3.63, 3.8) is 0 Å². The molecular formula is C7H13NO4. The number of hydrogen-bond donors (Lipinski definition) is 3. The standard InChI is InChI=1S/C7H13NO4/c1-2-3-6(10)8-4-5(9)7(11)12/h5,9H,2-4H2,1H3,(H,8,10)(H,11,12)/t5-/m0/s1. The van der Waals surface area contributed by atoms with Crippen LogP contribution in [0.1, 0.15) is 19.8 Å². The SMILES string of the molecule is CCCC(=O)NC[C@H](O)C(=O)O. The van der Waals surface area contributed by atoms with Gasteiger partial charge in [0.1, 0.15) is 0 Å². The second-order valence-electron chi connectivity index (χ2n) is 2.41. The molecule has 0 saturated carbocycles. The van der Waals surface area contributed by atoms with Crippen LogP contribution in [0.15, 0.2) is 0 Å². The monoisotopic (exact) mass is 175 g/mol. The molecule has 0 rings (SSSR count). The molecule has 0 aromatic rings. The van der Waals surface area contributed by atoms with Crippen molar-refractivity contribution in [2.75, 3.05) is 6.54 Å². The van der Waals surface area contributed by atoms with Crippen LogP contribution >= 0.6 is 0 Å². The molecule has 0 aliphatic rings. The molecule has 0 aromatic carbocycles. The van der Waals surface area contributed by atoms with Crippen LogP contribution in [0.4, 0.5) is 0 Å². The van der Waals surface area contributed by atoms with Crippen molar-refractivity contribution >= 4 is 11.9 Å². The summed E-state index contributed by atoms with van der Waals surface area (Å²) in [6, 6.07) is 0. The van der Waals surface area contributed by atoms with Crippen molar-refractivity contribution in [1.82, 2.24) is 5.32 Å². The van der Waals surface area contributed by atoms with E-state index in [0.717, 1.165) is 0 Å². The molecule has 0 radical (unpaired) electrons. The van der Waals surface area contributed by atoms with Crippen LogP contribution in [-0.4, -0.2) is 34.7 Å². The largest absolute Gasteiger partial charge is 0.479 e. The molecule has 0 aromatic heterocycles. The lowest BCUT2D eigenvalue weighted by atomic mass is 10.3. The molecule has 3 N–H and O–H groups in total. The van der Waals surface area contributed by atoms with Crippen LogP contribution < -0.4 is 5.32 Å². The Hall–Kier alpha value is -1.10. The number of rotatable bonds is 5. The van der Waals surface area contributed by atoms with Gasteiger partial charge in [-0.2, -0.15) is 0 Å². The molecule has 5 heteroatoms. The Morgan fingerprint density at radius 1 is 1.50 bits per heavy atom. The topological polar surface area (TPSA) is 86.6 Å². The van der Waals surface area contributed by atoms with Gasteiger partial charge >= 0.3 is 5.97 Å². The zero-order valence-electron chi connectivity index (χ0n) is 6.91. The lowest BCUT2D eigenvalue weighted by molar-refractivity contribution is -0.146. The summed E-state index contributed by atoms with van der Waals surface area (Å²) in [5, 5.41) is 19.2. The van der Waals surface area contributed by atoms with Gasteiger partial charge in [-0.25, -0.2) is 4.79 Å². The fourth-order valence-corrected chi connectivity index (χ4v) is 0.613. The van der Waals surface area contributed by atoms with Gasteiger partial charge in [-0.15, -0.1) is 0 Å². The third-order valence-corrected chi connectivity index (χ3v) is 1.25. The molecule has 0 saturated heterocycles. The number of nitrogens with one attached hydrogen (secondary N) is 1. The van der Waals surface area contributed by atoms with E-state index in [1.54, 1.807) is 0 Å². The van der Waals surface area contributed by atoms with E-state index in [1.165, 1.54) is 0 Å². The Morgan fingerprint density at radius 3 is 2.50 bits per heavy atom. The van der Waals surface area contributed by atoms with Crippen LogP contribution in [-0.2, 0) is 9.59 Å². The Kier molecular flexibility index (Phi) is 5.03. The van der Waals surface area contributed by atoms with Crippen LogP contribution in [0.2, 0.25) is 0 Å². The second kappa shape index (κ2) is 5.54. The lowest BCUT2D eigenvalue weighted by Gasteiger charge is -2.06. The van der Waals surface area contributed by atoms with E-state index in [1.807, 2.05) is 6.92 Å². The summed E-state index contributed by atoms with van der Waals surface area (Å²) in [7, 11) is 0. The smallest absolute Gasteiger partial charge is 0.334 e. The minimum atomic E-state index is -1.51. The number of aliphatic hydroxyl groups is 1. The highest BCUT2D eigenvalue weighted by molar-refractivity contribution is 5.77. The van der Waals surface area contributed by atoms with Gasteiger partial charge in [-0.05, 0) is 6.42 Å². The van der Waals surface area contributed by atoms with Crippen LogP contribution in [0, 0.1) is 0 Å². The van der Waals surface area contributed by atoms with Crippen LogP contribution in [0.5, 0.6) is 0 Å². The Labute approximate surface area is 70.4 Å². The maximum Gasteiger partial charge on any atom is 0.334 e. The fourth-order valence-electron chi connectivity index (χ4n) is 0.613. The van der Waals surface area contributed by atoms with E-state index in [0.29, 0.717) is 12.8 Å². The molecule has 0 aliphatic carbocycles. The Balaban J connectivity index is 3.54. The summed E-state index contributed by atoms with van der Waals surface area (Å²) in [5.74, 6) is -1.57. The number of hydrogen-bond acceptors (Lipinski definition) is 3. The summed E-state index contributed by atoms with van der Waals surface area (Å²) in [6.45, 7) is 1.61. The molecule has 0 aliphatic heterocycles. The van der Waals surface area contributed by atoms with Gasteiger partial charge in [0.25, 0.3) is 0 Å². The van der Waals surface area contributed by atoms with Crippen molar-refractivity contribution in [3.8, 4) is 0 Å². The highest BCUT2D eigenvalue weighted by atomic mass is 16.4. The first-order valence-corrected chi connectivity index (χ1v) is 3.75. The summed E-state index contributed by atoms with van der Waals surface area (Å²) in [6.07, 6.45) is -0.452. The van der Waals surface area contributed by atoms with Gasteiger partial charge in [-0.1, -0.05) is 6.92 Å². The molecule has 0 heterocycles. The van der Waals surface area contributed by atoms with E-state index in [9.17, 15) is 9.59 Å². The first-order valence-electron chi connectivity index (χ1n) is 3.75. The summed E-state index contributed by atoms with van der Waals surface area (Å²) in [5.41, 5.74) is 0. The van der Waals surface area contributed by atoms with Gasteiger partial charge < -0.3 is 15.5 Å². The van der Waals surface area contributed by atoms with Gasteiger partial charge in [0, 0.05) is 6.42 Å². The van der Waals surface area contributed by atoms with Crippen LogP contribution in [0.3, 0.4) is 0 Å². The first kappa shape index (κ1) is 10.9. The van der Waals surface area contributed by atoms with Crippen molar-refractivity contribution in [2.24, 2.45) is 0 Å². The van der Waals surface area contributed by atoms with E-state index >= 15 is 0 Å². The van der Waals surface area contributed by atoms with Crippen molar-refractivity contribution in [1.29, 1.82) is 0 Å². The number of carboxylic acid groups (broad SMARTS) is 1. The normalized spacial score (nSPS) is 12.2. The van der Waals surface area contributed by atoms with Gasteiger partial charge in [0.2, 0.25) is 5.91 Å². The molecule has 0 unspecified atom stereocenters. The predicted molar refractivity (Wildman–Crippen MR) is 41.6 cm³/mol. The van der Waals surface area contributed by atoms with E-state index in [4.69, 9.17) is 10.2 Å². The number of carbonyl (C=O) groups is 2. The van der Waals surface area contributed by atoms with Crippen LogP contribution in [0.25, 0.3) is 0 Å². The molecule has 12 heavy (non-hydrogen) atoms. The average Bonchev–Trinajstić information content (AvgIpc) is 2.00. The Morgan fingerprint density at radius 2 is 2.08 bits per heavy atom. The molecule has 70 valence electrons. The fraction of sp³-hybridized carbons (Fsp3) is 0.714. The highest BCUT2D eigenvalue weighted by Crippen LogP contribution is 1.86. The average molecular weight is 175 g/mol. The molecular weight excluding hydrogens is 162 g/mol. The van der Waals surface area contributed by atoms with Crippen molar-refractivity contribution in [2.45, 2.75) is 25.9 Å². The predicted octanol–water partition coefficient (Wildman–Crippen LogP) is -0.652. The highest BCUT2D eigenvalue weighted by Gasteiger charge is 2.13. The van der Waals surface area contributed by atoms with Gasteiger partial charge in [-0.3, -0.25) is 4.79 Å². The van der Waals surface area contributed by atoms with Gasteiger partial charge in [0.05, 0.1) is 6.54 Å². The van der Waals surface area contributed by atoms with E-state index in [2.05, 4.69) is 5.32 Å². The maximum absolute atomic E-state index is 10.8. The zero-order valence-corrected chi connectivity index (χ0v) is 6.91. The summed E-state index contributed by atoms with van der Waals surface area (Å²) < 4.78 is 0. The zero-order chi connectivity index (χ0) is 9.56. The number of aliphatic hydroxyl groups excluding tert-OH is 1. The molecule has 1 atom stereocenters. The third kappa shape index (κ3) is 4.68. The summed E-state index contributed by atoms with van der Waals surface area (Å²) in [4.78, 5) is 20.8. The minimum Gasteiger partial charge on any atom is -0.479 e. The summed E-state index contributed by atoms with van der Waals surface area (Å²) >= 11 is 0. The quantitative estimate of drug-likeness (QED) is 0.518. The number of aliphatic carboxylic acids is 1. The number of carbonyl (C=O) groups excluding carboxylic acids is 1. The molecule has 0 fully saturated rings. The maximum atomic E-state index is 10.8.